The van der Waals surface area contributed by atoms with Gasteiger partial charge in [0.2, 0.25) is 0 Å². The molecule has 3 rings (SSSR count). The molecule has 0 atom stereocenters. The maximum absolute atomic E-state index is 12.7. The normalized spacial score (nSPS) is 11.0. The quantitative estimate of drug-likeness (QED) is 0.141. The van der Waals surface area contributed by atoms with E-state index in [0.29, 0.717) is 31.5 Å². The number of amides is 1. The average molecular weight is 585 g/mol. The summed E-state index contributed by atoms with van der Waals surface area (Å²) in [6, 6.07) is 17.2. The van der Waals surface area contributed by atoms with E-state index >= 15 is 0 Å². The maximum Gasteiger partial charge on any atom is 0.269 e. The van der Waals surface area contributed by atoms with E-state index in [1.54, 1.807) is 30.3 Å². The van der Waals surface area contributed by atoms with Crippen LogP contribution in [0.15, 0.2) is 69.1 Å². The molecule has 1 amide bonds. The summed E-state index contributed by atoms with van der Waals surface area (Å²) in [6.07, 6.45) is 1.48. The van der Waals surface area contributed by atoms with Gasteiger partial charge in [-0.05, 0) is 86.7 Å². The third-order valence-electron chi connectivity index (χ3n) is 4.83. The lowest BCUT2D eigenvalue weighted by atomic mass is 10.1. The Hall–Kier alpha value is -3.48. The van der Waals surface area contributed by atoms with E-state index in [9.17, 15) is 20.2 Å². The van der Waals surface area contributed by atoms with Gasteiger partial charge in [0, 0.05) is 17.8 Å². The van der Waals surface area contributed by atoms with Crippen molar-refractivity contribution in [2.75, 3.05) is 5.32 Å². The molecule has 0 unspecified atom stereocenters. The Bertz CT molecular complexity index is 1320. The van der Waals surface area contributed by atoms with Crippen molar-refractivity contribution in [1.29, 1.82) is 5.26 Å². The van der Waals surface area contributed by atoms with E-state index in [2.05, 4.69) is 37.2 Å². The molecule has 1 N–H and O–H groups in total. The number of nitriles is 1. The van der Waals surface area contributed by atoms with Gasteiger partial charge >= 0.3 is 0 Å². The largest absolute Gasteiger partial charge is 0.487 e. The van der Waals surface area contributed by atoms with Crippen LogP contribution in [-0.4, -0.2) is 10.8 Å². The molecule has 0 radical (unpaired) electrons. The van der Waals surface area contributed by atoms with Gasteiger partial charge in [-0.25, -0.2) is 0 Å². The number of non-ortho nitro benzene ring substituents is 1. The number of aryl methyl sites for hydroxylation is 2. The van der Waals surface area contributed by atoms with Gasteiger partial charge < -0.3 is 10.1 Å². The van der Waals surface area contributed by atoms with Gasteiger partial charge in [0.25, 0.3) is 11.6 Å². The Labute approximate surface area is 213 Å². The summed E-state index contributed by atoms with van der Waals surface area (Å²) in [5.41, 5.74) is 3.81. The highest BCUT2D eigenvalue weighted by atomic mass is 79.9. The van der Waals surface area contributed by atoms with Gasteiger partial charge in [-0.3, -0.25) is 14.9 Å². The first-order valence-corrected chi connectivity index (χ1v) is 11.6. The van der Waals surface area contributed by atoms with Crippen molar-refractivity contribution in [3.05, 3.63) is 101 Å². The summed E-state index contributed by atoms with van der Waals surface area (Å²) in [5, 5.41) is 23.3. The van der Waals surface area contributed by atoms with Gasteiger partial charge in [-0.15, -0.1) is 0 Å². The predicted molar refractivity (Wildman–Crippen MR) is 137 cm³/mol. The van der Waals surface area contributed by atoms with Gasteiger partial charge in [0.15, 0.2) is 0 Å². The van der Waals surface area contributed by atoms with Crippen LogP contribution in [0.25, 0.3) is 6.08 Å². The number of nitrogens with zero attached hydrogens (tertiary/aromatic N) is 2. The summed E-state index contributed by atoms with van der Waals surface area (Å²) in [7, 11) is 0. The van der Waals surface area contributed by atoms with Crippen LogP contribution in [0.4, 0.5) is 11.4 Å². The fourth-order valence-electron chi connectivity index (χ4n) is 3.17. The number of carbonyl (C=O) groups is 1. The van der Waals surface area contributed by atoms with Crippen LogP contribution in [0.1, 0.15) is 22.3 Å². The summed E-state index contributed by atoms with van der Waals surface area (Å²) in [6.45, 7) is 3.97. The SMILES string of the molecule is Cc1ccc(NC(=O)/C(C#N)=C/c2cc(Br)c(OCc3cccc([N+](=O)[O-])c3)c(Br)c2)c(C)c1. The van der Waals surface area contributed by atoms with Crippen molar-refractivity contribution in [2.45, 2.75) is 20.5 Å². The zero-order chi connectivity index (χ0) is 24.8. The summed E-state index contributed by atoms with van der Waals surface area (Å²) in [4.78, 5) is 23.2. The monoisotopic (exact) mass is 583 g/mol. The van der Waals surface area contributed by atoms with Crippen LogP contribution in [0.2, 0.25) is 0 Å². The van der Waals surface area contributed by atoms with Crippen molar-refractivity contribution < 1.29 is 14.5 Å². The molecule has 0 aliphatic heterocycles. The zero-order valence-electron chi connectivity index (χ0n) is 18.3. The Morgan fingerprint density at radius 1 is 1.15 bits per heavy atom. The molecule has 0 saturated carbocycles. The molecule has 0 fully saturated rings. The number of hydrogen-bond acceptors (Lipinski definition) is 5. The van der Waals surface area contributed by atoms with Crippen LogP contribution >= 0.6 is 31.9 Å². The molecule has 0 bridgehead atoms. The lowest BCUT2D eigenvalue weighted by Gasteiger charge is -2.12. The third-order valence-corrected chi connectivity index (χ3v) is 6.01. The molecule has 3 aromatic rings. The smallest absolute Gasteiger partial charge is 0.269 e. The minimum absolute atomic E-state index is 0.0112. The van der Waals surface area contributed by atoms with Crippen LogP contribution < -0.4 is 10.1 Å². The van der Waals surface area contributed by atoms with Crippen LogP contribution in [0.3, 0.4) is 0 Å². The van der Waals surface area contributed by atoms with Crippen molar-refractivity contribution in [3.8, 4) is 11.8 Å². The van der Waals surface area contributed by atoms with Crippen LogP contribution in [0.5, 0.6) is 5.75 Å². The second kappa shape index (κ2) is 11.1. The Balaban J connectivity index is 1.78. The summed E-state index contributed by atoms with van der Waals surface area (Å²) < 4.78 is 7.02. The summed E-state index contributed by atoms with van der Waals surface area (Å²) >= 11 is 6.90. The minimum Gasteiger partial charge on any atom is -0.487 e. The van der Waals surface area contributed by atoms with Crippen molar-refractivity contribution in [3.63, 3.8) is 0 Å². The molecule has 0 spiro atoms. The maximum atomic E-state index is 12.7. The highest BCUT2D eigenvalue weighted by Crippen LogP contribution is 2.36. The molecular formula is C25H19Br2N3O4. The number of nitro groups is 1. The highest BCUT2D eigenvalue weighted by Gasteiger charge is 2.14. The lowest BCUT2D eigenvalue weighted by Crippen LogP contribution is -2.14. The van der Waals surface area contributed by atoms with Crippen molar-refractivity contribution in [1.82, 2.24) is 0 Å². The average Bonchev–Trinajstić information content (AvgIpc) is 2.78. The number of rotatable bonds is 7. The number of benzene rings is 3. The fraction of sp³-hybridized carbons (Fsp3) is 0.120. The number of carbonyl (C=O) groups excluding carboxylic acids is 1. The number of nitro benzene ring substituents is 1. The van der Waals surface area contributed by atoms with Gasteiger partial charge in [-0.2, -0.15) is 5.26 Å². The van der Waals surface area contributed by atoms with E-state index in [4.69, 9.17) is 4.74 Å². The summed E-state index contributed by atoms with van der Waals surface area (Å²) in [5.74, 6) is -0.0189. The van der Waals surface area contributed by atoms with Crippen LogP contribution in [0, 0.1) is 35.3 Å². The van der Waals surface area contributed by atoms with E-state index < -0.39 is 10.8 Å². The number of anilines is 1. The minimum atomic E-state index is -0.507. The second-order valence-corrected chi connectivity index (χ2v) is 9.18. The molecule has 172 valence electrons. The molecule has 9 heteroatoms. The van der Waals surface area contributed by atoms with E-state index in [1.165, 1.54) is 18.2 Å². The number of halogens is 2. The molecule has 0 aliphatic rings. The number of nitrogens with one attached hydrogen (secondary N) is 1. The van der Waals surface area contributed by atoms with E-state index in [0.717, 1.165) is 11.1 Å². The van der Waals surface area contributed by atoms with Gasteiger partial charge in [-0.1, -0.05) is 29.8 Å². The molecule has 0 aromatic heterocycles. The standard InChI is InChI=1S/C25H19Br2N3O4/c1-15-6-7-23(16(2)8-15)29-25(31)19(13-28)9-18-11-21(26)24(22(27)12-18)34-14-17-4-3-5-20(10-17)30(32)33/h3-12H,14H2,1-2H3,(H,29,31)/b19-9+. The van der Waals surface area contributed by atoms with Crippen molar-refractivity contribution >= 4 is 55.2 Å². The Morgan fingerprint density at radius 2 is 1.85 bits per heavy atom. The van der Waals surface area contributed by atoms with Crippen LogP contribution in [-0.2, 0) is 11.4 Å². The topological polar surface area (TPSA) is 105 Å². The van der Waals surface area contributed by atoms with Gasteiger partial charge in [0.1, 0.15) is 24.0 Å². The fourth-order valence-corrected chi connectivity index (χ4v) is 4.63. The number of hydrogen-bond donors (Lipinski definition) is 1. The molecule has 0 aliphatic carbocycles. The molecule has 3 aromatic carbocycles. The lowest BCUT2D eigenvalue weighted by molar-refractivity contribution is -0.384. The van der Waals surface area contributed by atoms with Crippen molar-refractivity contribution in [2.24, 2.45) is 0 Å². The van der Waals surface area contributed by atoms with E-state index in [-0.39, 0.29) is 17.9 Å². The Kier molecular flexibility index (Phi) is 8.21. The second-order valence-electron chi connectivity index (χ2n) is 7.47. The first-order chi connectivity index (χ1) is 16.2. The highest BCUT2D eigenvalue weighted by molar-refractivity contribution is 9.11. The first-order valence-electron chi connectivity index (χ1n) is 10.0. The molecule has 34 heavy (non-hydrogen) atoms. The van der Waals surface area contributed by atoms with E-state index in [1.807, 2.05) is 32.0 Å². The van der Waals surface area contributed by atoms with Gasteiger partial charge in [0.05, 0.1) is 13.9 Å². The third kappa shape index (κ3) is 6.31. The number of ether oxygens (including phenoxy) is 1. The first kappa shape index (κ1) is 25.1. The molecular weight excluding hydrogens is 566 g/mol. The Morgan fingerprint density at radius 3 is 2.47 bits per heavy atom. The molecule has 7 nitrogen and oxygen atoms in total. The predicted octanol–water partition coefficient (Wildman–Crippen LogP) is 6.86. The molecule has 0 saturated heterocycles. The molecule has 0 heterocycles. The zero-order valence-corrected chi connectivity index (χ0v) is 21.4.